The van der Waals surface area contributed by atoms with Crippen LogP contribution in [0.1, 0.15) is 29.8 Å². The molecule has 0 saturated carbocycles. The van der Waals surface area contributed by atoms with Crippen molar-refractivity contribution >= 4 is 29.1 Å². The van der Waals surface area contributed by atoms with Crippen LogP contribution in [0.4, 0.5) is 10.1 Å². The molecule has 0 bridgehead atoms. The third-order valence-electron chi connectivity index (χ3n) is 3.81. The van der Waals surface area contributed by atoms with Gasteiger partial charge in [-0.15, -0.1) is 0 Å². The van der Waals surface area contributed by atoms with Gasteiger partial charge in [-0.2, -0.15) is 0 Å². The molecule has 0 saturated heterocycles. The lowest BCUT2D eigenvalue weighted by molar-refractivity contribution is -0.115. The van der Waals surface area contributed by atoms with E-state index in [4.69, 9.17) is 11.6 Å². The number of anilines is 1. The second-order valence-electron chi connectivity index (χ2n) is 5.52. The van der Waals surface area contributed by atoms with E-state index in [2.05, 4.69) is 5.32 Å². The number of benzene rings is 2. The molecule has 6 heteroatoms. The summed E-state index contributed by atoms with van der Waals surface area (Å²) >= 11 is 6.20. The highest BCUT2D eigenvalue weighted by Gasteiger charge is 2.16. The number of halogens is 2. The zero-order valence-corrected chi connectivity index (χ0v) is 14.9. The summed E-state index contributed by atoms with van der Waals surface area (Å²) in [5, 5.41) is 3.02. The summed E-state index contributed by atoms with van der Waals surface area (Å²) in [7, 11) is 0. The third-order valence-corrected chi connectivity index (χ3v) is 4.12. The smallest absolute Gasteiger partial charge is 0.255 e. The molecule has 25 heavy (non-hydrogen) atoms. The highest BCUT2D eigenvalue weighted by Crippen LogP contribution is 2.22. The standard InChI is InChI=1S/C19H20ClFN2O2/c1-3-23(4-2)19(25)16-10-9-15(12-17(16)20)22-18(24)11-13-5-7-14(21)8-6-13/h5-10,12H,3-4,11H2,1-2H3,(H,22,24). The summed E-state index contributed by atoms with van der Waals surface area (Å²) in [6.45, 7) is 5.00. The predicted octanol–water partition coefficient (Wildman–Crippen LogP) is 4.14. The van der Waals surface area contributed by atoms with E-state index in [9.17, 15) is 14.0 Å². The molecular weight excluding hydrogens is 343 g/mol. The summed E-state index contributed by atoms with van der Waals surface area (Å²) < 4.78 is 12.9. The van der Waals surface area contributed by atoms with Gasteiger partial charge in [0.2, 0.25) is 5.91 Å². The van der Waals surface area contributed by atoms with Crippen molar-refractivity contribution in [2.24, 2.45) is 0 Å². The quantitative estimate of drug-likeness (QED) is 0.839. The number of nitrogens with zero attached hydrogens (tertiary/aromatic N) is 1. The van der Waals surface area contributed by atoms with Crippen molar-refractivity contribution in [2.75, 3.05) is 18.4 Å². The Morgan fingerprint density at radius 3 is 2.28 bits per heavy atom. The highest BCUT2D eigenvalue weighted by molar-refractivity contribution is 6.34. The summed E-state index contributed by atoms with van der Waals surface area (Å²) in [5.74, 6) is -0.728. The topological polar surface area (TPSA) is 49.4 Å². The first-order valence-electron chi connectivity index (χ1n) is 8.07. The molecule has 0 aliphatic carbocycles. The lowest BCUT2D eigenvalue weighted by atomic mass is 10.1. The molecule has 4 nitrogen and oxygen atoms in total. The molecule has 2 aromatic rings. The van der Waals surface area contributed by atoms with Gasteiger partial charge < -0.3 is 10.2 Å². The monoisotopic (exact) mass is 362 g/mol. The van der Waals surface area contributed by atoms with Crippen LogP contribution in [0.2, 0.25) is 5.02 Å². The average Bonchev–Trinajstić information content (AvgIpc) is 2.58. The first kappa shape index (κ1) is 18.9. The van der Waals surface area contributed by atoms with Crippen LogP contribution in [-0.4, -0.2) is 29.8 Å². The number of carbonyl (C=O) groups is 2. The Morgan fingerprint density at radius 2 is 1.72 bits per heavy atom. The van der Waals surface area contributed by atoms with Crippen LogP contribution in [0.5, 0.6) is 0 Å². The molecule has 132 valence electrons. The average molecular weight is 363 g/mol. The Bertz CT molecular complexity index is 759. The van der Waals surface area contributed by atoms with Crippen molar-refractivity contribution in [3.05, 3.63) is 64.4 Å². The van der Waals surface area contributed by atoms with Crippen LogP contribution in [0.25, 0.3) is 0 Å². The van der Waals surface area contributed by atoms with Crippen molar-refractivity contribution in [3.8, 4) is 0 Å². The SMILES string of the molecule is CCN(CC)C(=O)c1ccc(NC(=O)Cc2ccc(F)cc2)cc1Cl. The summed E-state index contributed by atoms with van der Waals surface area (Å²) in [6, 6.07) is 10.6. The maximum absolute atomic E-state index is 12.9. The van der Waals surface area contributed by atoms with E-state index in [1.54, 1.807) is 35.2 Å². The van der Waals surface area contributed by atoms with Crippen LogP contribution >= 0.6 is 11.6 Å². The van der Waals surface area contributed by atoms with Gasteiger partial charge in [0.25, 0.3) is 5.91 Å². The zero-order chi connectivity index (χ0) is 18.4. The molecule has 2 amide bonds. The fraction of sp³-hybridized carbons (Fsp3) is 0.263. The van der Waals surface area contributed by atoms with Gasteiger partial charge in [-0.05, 0) is 49.7 Å². The van der Waals surface area contributed by atoms with E-state index in [0.29, 0.717) is 29.9 Å². The number of rotatable bonds is 6. The Kier molecular flexibility index (Phi) is 6.53. The van der Waals surface area contributed by atoms with Gasteiger partial charge in [-0.3, -0.25) is 9.59 Å². The summed E-state index contributed by atoms with van der Waals surface area (Å²) in [6.07, 6.45) is 0.123. The molecule has 0 fully saturated rings. The van der Waals surface area contributed by atoms with Gasteiger partial charge in [0.1, 0.15) is 5.82 Å². The molecule has 0 aromatic heterocycles. The second kappa shape index (κ2) is 8.62. The van der Waals surface area contributed by atoms with Crippen LogP contribution < -0.4 is 5.32 Å². The minimum atomic E-state index is -0.343. The van der Waals surface area contributed by atoms with Gasteiger partial charge in [0, 0.05) is 18.8 Å². The molecule has 0 aliphatic heterocycles. The fourth-order valence-electron chi connectivity index (χ4n) is 2.44. The van der Waals surface area contributed by atoms with Crippen LogP contribution in [-0.2, 0) is 11.2 Å². The maximum atomic E-state index is 12.9. The largest absolute Gasteiger partial charge is 0.339 e. The highest BCUT2D eigenvalue weighted by atomic mass is 35.5. The van der Waals surface area contributed by atoms with E-state index in [0.717, 1.165) is 0 Å². The summed E-state index contributed by atoms with van der Waals surface area (Å²) in [5.41, 5.74) is 1.62. The van der Waals surface area contributed by atoms with E-state index in [1.807, 2.05) is 13.8 Å². The molecule has 1 N–H and O–H groups in total. The first-order chi connectivity index (χ1) is 11.9. The number of hydrogen-bond acceptors (Lipinski definition) is 2. The minimum Gasteiger partial charge on any atom is -0.339 e. The molecule has 0 spiro atoms. The number of carbonyl (C=O) groups excluding carboxylic acids is 2. The van der Waals surface area contributed by atoms with Gasteiger partial charge in [-0.25, -0.2) is 4.39 Å². The first-order valence-corrected chi connectivity index (χ1v) is 8.45. The van der Waals surface area contributed by atoms with Crippen molar-refractivity contribution < 1.29 is 14.0 Å². The Labute approximate surface area is 151 Å². The molecule has 0 radical (unpaired) electrons. The normalized spacial score (nSPS) is 10.4. The predicted molar refractivity (Wildman–Crippen MR) is 97.4 cm³/mol. The van der Waals surface area contributed by atoms with Crippen molar-refractivity contribution in [1.29, 1.82) is 0 Å². The number of nitrogens with one attached hydrogen (secondary N) is 1. The van der Waals surface area contributed by atoms with Gasteiger partial charge >= 0.3 is 0 Å². The molecule has 0 unspecified atom stereocenters. The van der Waals surface area contributed by atoms with Crippen LogP contribution in [0, 0.1) is 5.82 Å². The zero-order valence-electron chi connectivity index (χ0n) is 14.2. The molecule has 2 aromatic carbocycles. The number of hydrogen-bond donors (Lipinski definition) is 1. The molecular formula is C19H20ClFN2O2. The lowest BCUT2D eigenvalue weighted by Crippen LogP contribution is -2.30. The fourth-order valence-corrected chi connectivity index (χ4v) is 2.70. The summed E-state index contributed by atoms with van der Waals surface area (Å²) in [4.78, 5) is 26.1. The van der Waals surface area contributed by atoms with Gasteiger partial charge in [0.05, 0.1) is 17.0 Å². The molecule has 0 atom stereocenters. The van der Waals surface area contributed by atoms with Gasteiger partial charge in [0.15, 0.2) is 0 Å². The number of amides is 2. The minimum absolute atomic E-state index is 0.123. The van der Waals surface area contributed by atoms with E-state index in [1.165, 1.54) is 12.1 Å². The third kappa shape index (κ3) is 5.03. The van der Waals surface area contributed by atoms with E-state index >= 15 is 0 Å². The van der Waals surface area contributed by atoms with Gasteiger partial charge in [-0.1, -0.05) is 23.7 Å². The van der Waals surface area contributed by atoms with Crippen molar-refractivity contribution in [1.82, 2.24) is 4.90 Å². The van der Waals surface area contributed by atoms with E-state index < -0.39 is 0 Å². The van der Waals surface area contributed by atoms with E-state index in [-0.39, 0.29) is 29.1 Å². The molecule has 2 rings (SSSR count). The Morgan fingerprint density at radius 1 is 1.08 bits per heavy atom. The second-order valence-corrected chi connectivity index (χ2v) is 5.93. The van der Waals surface area contributed by atoms with Crippen molar-refractivity contribution in [3.63, 3.8) is 0 Å². The Hall–Kier alpha value is -2.40. The lowest BCUT2D eigenvalue weighted by Gasteiger charge is -2.19. The van der Waals surface area contributed by atoms with Crippen molar-refractivity contribution in [2.45, 2.75) is 20.3 Å². The maximum Gasteiger partial charge on any atom is 0.255 e. The van der Waals surface area contributed by atoms with Crippen LogP contribution in [0.3, 0.4) is 0 Å². The Balaban J connectivity index is 2.06. The van der Waals surface area contributed by atoms with Crippen LogP contribution in [0.15, 0.2) is 42.5 Å². The molecule has 0 aliphatic rings. The molecule has 0 heterocycles.